The number of hydrogen-bond acceptors (Lipinski definition) is 4. The zero-order chi connectivity index (χ0) is 24.5. The lowest BCUT2D eigenvalue weighted by Crippen LogP contribution is -2.30. The van der Waals surface area contributed by atoms with Gasteiger partial charge in [-0.15, -0.1) is 0 Å². The van der Waals surface area contributed by atoms with E-state index >= 15 is 0 Å². The van der Waals surface area contributed by atoms with Crippen molar-refractivity contribution in [1.82, 2.24) is 14.9 Å². The van der Waals surface area contributed by atoms with Crippen molar-refractivity contribution in [3.63, 3.8) is 0 Å². The predicted molar refractivity (Wildman–Crippen MR) is 143 cm³/mol. The summed E-state index contributed by atoms with van der Waals surface area (Å²) in [5, 5.41) is 4.13. The average Bonchev–Trinajstić information content (AvgIpc) is 3.50. The molecule has 0 amide bonds. The Hall–Kier alpha value is -3.84. The van der Waals surface area contributed by atoms with E-state index in [1.807, 2.05) is 42.6 Å². The SMILES string of the molecule is COc1ccc(OC)c(N2C(=S)N[C@@H](c3ccccn3)[C@@H]2c2cccn2-c2ccc(C)c(C)c2)c1. The molecule has 0 spiro atoms. The van der Waals surface area contributed by atoms with E-state index in [1.165, 1.54) is 11.1 Å². The third kappa shape index (κ3) is 4.12. The van der Waals surface area contributed by atoms with Crippen molar-refractivity contribution in [3.05, 3.63) is 102 Å². The van der Waals surface area contributed by atoms with Crippen molar-refractivity contribution < 1.29 is 9.47 Å². The summed E-state index contributed by atoms with van der Waals surface area (Å²) >= 11 is 5.92. The quantitative estimate of drug-likeness (QED) is 0.355. The van der Waals surface area contributed by atoms with Crippen molar-refractivity contribution >= 4 is 23.0 Å². The van der Waals surface area contributed by atoms with E-state index in [1.54, 1.807) is 14.2 Å². The first-order chi connectivity index (χ1) is 17.0. The van der Waals surface area contributed by atoms with Gasteiger partial charge >= 0.3 is 0 Å². The molecule has 7 heteroatoms. The molecule has 35 heavy (non-hydrogen) atoms. The summed E-state index contributed by atoms with van der Waals surface area (Å²) in [5.41, 5.74) is 6.44. The zero-order valence-electron chi connectivity index (χ0n) is 20.2. The molecule has 1 aliphatic heterocycles. The van der Waals surface area contributed by atoms with Gasteiger partial charge in [-0.2, -0.15) is 0 Å². The Morgan fingerprint density at radius 1 is 0.914 bits per heavy atom. The summed E-state index contributed by atoms with van der Waals surface area (Å²) in [6.45, 7) is 4.27. The van der Waals surface area contributed by atoms with Crippen LogP contribution in [0.15, 0.2) is 79.1 Å². The molecule has 3 heterocycles. The molecule has 1 fully saturated rings. The van der Waals surface area contributed by atoms with Crippen molar-refractivity contribution in [2.75, 3.05) is 19.1 Å². The summed E-state index contributed by atoms with van der Waals surface area (Å²) in [7, 11) is 3.33. The molecule has 0 saturated carbocycles. The van der Waals surface area contributed by atoms with Crippen LogP contribution in [0.25, 0.3) is 5.69 Å². The molecule has 178 valence electrons. The molecule has 0 aliphatic carbocycles. The van der Waals surface area contributed by atoms with E-state index in [0.717, 1.165) is 28.5 Å². The maximum Gasteiger partial charge on any atom is 0.174 e. The van der Waals surface area contributed by atoms with Gasteiger partial charge in [-0.25, -0.2) is 0 Å². The van der Waals surface area contributed by atoms with Gasteiger partial charge in [0.1, 0.15) is 17.5 Å². The second kappa shape index (κ2) is 9.43. The van der Waals surface area contributed by atoms with E-state index in [-0.39, 0.29) is 12.1 Å². The number of methoxy groups -OCH3 is 2. The third-order valence-electron chi connectivity index (χ3n) is 6.60. The minimum Gasteiger partial charge on any atom is -0.497 e. The predicted octanol–water partition coefficient (Wildman–Crippen LogP) is 5.68. The molecule has 2 aromatic carbocycles. The van der Waals surface area contributed by atoms with Crippen LogP contribution in [0.3, 0.4) is 0 Å². The Labute approximate surface area is 211 Å². The topological polar surface area (TPSA) is 51.6 Å². The van der Waals surface area contributed by atoms with Gasteiger partial charge < -0.3 is 24.3 Å². The normalized spacial score (nSPS) is 17.4. The zero-order valence-corrected chi connectivity index (χ0v) is 21.0. The smallest absolute Gasteiger partial charge is 0.174 e. The highest BCUT2D eigenvalue weighted by molar-refractivity contribution is 7.80. The van der Waals surface area contributed by atoms with Gasteiger partial charge in [0, 0.05) is 29.8 Å². The number of ether oxygens (including phenoxy) is 2. The molecule has 0 bridgehead atoms. The fraction of sp³-hybridized carbons (Fsp3) is 0.214. The average molecular weight is 485 g/mol. The summed E-state index contributed by atoms with van der Waals surface area (Å²) in [6.07, 6.45) is 3.91. The van der Waals surface area contributed by atoms with Gasteiger partial charge in [-0.1, -0.05) is 12.1 Å². The molecule has 2 atom stereocenters. The fourth-order valence-corrected chi connectivity index (χ4v) is 4.98. The van der Waals surface area contributed by atoms with Crippen LogP contribution in [0, 0.1) is 13.8 Å². The Morgan fingerprint density at radius 2 is 1.77 bits per heavy atom. The number of nitrogens with one attached hydrogen (secondary N) is 1. The maximum atomic E-state index is 5.92. The van der Waals surface area contributed by atoms with Crippen LogP contribution in [0.2, 0.25) is 0 Å². The number of nitrogens with zero attached hydrogens (tertiary/aromatic N) is 3. The fourth-order valence-electron chi connectivity index (χ4n) is 4.65. The standard InChI is InChI=1S/C28H28N4O2S/c1-18-10-11-20(16-19(18)2)31-15-7-9-23(31)27-26(22-8-5-6-14-29-22)30-28(35)32(27)24-17-21(33-3)12-13-25(24)34-4/h5-17,26-27H,1-4H3,(H,30,35)/t26-,27-/m0/s1. The number of benzene rings is 2. The Morgan fingerprint density at radius 3 is 2.49 bits per heavy atom. The van der Waals surface area contributed by atoms with E-state index in [2.05, 4.69) is 70.1 Å². The van der Waals surface area contributed by atoms with Gasteiger partial charge in [0.2, 0.25) is 0 Å². The first-order valence-electron chi connectivity index (χ1n) is 11.5. The highest BCUT2D eigenvalue weighted by atomic mass is 32.1. The monoisotopic (exact) mass is 484 g/mol. The maximum absolute atomic E-state index is 5.92. The number of aromatic nitrogens is 2. The van der Waals surface area contributed by atoms with E-state index in [9.17, 15) is 0 Å². The van der Waals surface area contributed by atoms with E-state index in [4.69, 9.17) is 21.7 Å². The summed E-state index contributed by atoms with van der Waals surface area (Å²) in [6, 6.07) is 22.1. The van der Waals surface area contributed by atoms with Crippen LogP contribution in [0.1, 0.15) is 34.6 Å². The minimum atomic E-state index is -0.185. The summed E-state index contributed by atoms with van der Waals surface area (Å²) < 4.78 is 13.5. The van der Waals surface area contributed by atoms with Crippen molar-refractivity contribution in [1.29, 1.82) is 0 Å². The molecule has 1 N–H and O–H groups in total. The molecule has 1 aliphatic rings. The van der Waals surface area contributed by atoms with Crippen LogP contribution in [0.5, 0.6) is 11.5 Å². The van der Waals surface area contributed by atoms with Crippen molar-refractivity contribution in [3.8, 4) is 17.2 Å². The number of rotatable bonds is 6. The molecule has 4 aromatic rings. The second-order valence-electron chi connectivity index (χ2n) is 8.61. The second-order valence-corrected chi connectivity index (χ2v) is 8.99. The van der Waals surface area contributed by atoms with Crippen LogP contribution in [-0.2, 0) is 0 Å². The van der Waals surface area contributed by atoms with Gasteiger partial charge in [0.15, 0.2) is 5.11 Å². The lowest BCUT2D eigenvalue weighted by molar-refractivity contribution is 0.402. The molecule has 5 rings (SSSR count). The van der Waals surface area contributed by atoms with E-state index < -0.39 is 0 Å². The molecule has 0 radical (unpaired) electrons. The van der Waals surface area contributed by atoms with Crippen molar-refractivity contribution in [2.24, 2.45) is 0 Å². The molecule has 1 saturated heterocycles. The van der Waals surface area contributed by atoms with Crippen LogP contribution in [-0.4, -0.2) is 28.9 Å². The van der Waals surface area contributed by atoms with Gasteiger partial charge in [0.25, 0.3) is 0 Å². The number of anilines is 1. The molecule has 0 unspecified atom stereocenters. The Bertz CT molecular complexity index is 1370. The number of aryl methyl sites for hydroxylation is 2. The Kier molecular flexibility index (Phi) is 6.17. The molecule has 6 nitrogen and oxygen atoms in total. The van der Waals surface area contributed by atoms with Gasteiger partial charge in [0.05, 0.1) is 31.6 Å². The molecular formula is C28H28N4O2S. The van der Waals surface area contributed by atoms with Crippen molar-refractivity contribution in [2.45, 2.75) is 25.9 Å². The van der Waals surface area contributed by atoms with Crippen LogP contribution >= 0.6 is 12.2 Å². The van der Waals surface area contributed by atoms with E-state index in [0.29, 0.717) is 10.9 Å². The van der Waals surface area contributed by atoms with Gasteiger partial charge in [-0.3, -0.25) is 4.98 Å². The first-order valence-corrected chi connectivity index (χ1v) is 11.9. The third-order valence-corrected chi connectivity index (χ3v) is 6.91. The summed E-state index contributed by atoms with van der Waals surface area (Å²) in [4.78, 5) is 6.79. The number of thiocarbonyl (C=S) groups is 1. The van der Waals surface area contributed by atoms with Crippen LogP contribution in [0.4, 0.5) is 5.69 Å². The van der Waals surface area contributed by atoms with Crippen LogP contribution < -0.4 is 19.7 Å². The van der Waals surface area contributed by atoms with Gasteiger partial charge in [-0.05, 0) is 85.7 Å². The lowest BCUT2D eigenvalue weighted by Gasteiger charge is -2.30. The Balaban J connectivity index is 1.71. The largest absolute Gasteiger partial charge is 0.497 e. The lowest BCUT2D eigenvalue weighted by atomic mass is 10.00. The molecule has 2 aromatic heterocycles. The molecular weight excluding hydrogens is 456 g/mol. The highest BCUT2D eigenvalue weighted by Crippen LogP contribution is 2.46. The highest BCUT2D eigenvalue weighted by Gasteiger charge is 2.43. The number of pyridine rings is 1. The minimum absolute atomic E-state index is 0.167. The summed E-state index contributed by atoms with van der Waals surface area (Å²) in [5.74, 6) is 1.44. The first kappa shape index (κ1) is 22.9. The number of hydrogen-bond donors (Lipinski definition) is 1.